The highest BCUT2D eigenvalue weighted by Crippen LogP contribution is 2.49. The first kappa shape index (κ1) is 17.3. The minimum absolute atomic E-state index is 0.0721. The van der Waals surface area contributed by atoms with Gasteiger partial charge in [-0.05, 0) is 30.5 Å². The molecule has 0 fully saturated rings. The van der Waals surface area contributed by atoms with Crippen LogP contribution in [0.1, 0.15) is 23.6 Å². The molecule has 0 aliphatic carbocycles. The van der Waals surface area contributed by atoms with Crippen LogP contribution in [-0.2, 0) is 6.42 Å². The van der Waals surface area contributed by atoms with Crippen molar-refractivity contribution >= 4 is 17.3 Å². The summed E-state index contributed by atoms with van der Waals surface area (Å²) in [6, 6.07) is 7.93. The molecule has 7 heteroatoms. The Balaban J connectivity index is 1.86. The zero-order valence-corrected chi connectivity index (χ0v) is 15.9. The number of ether oxygens (including phenoxy) is 4. The molecule has 2 aromatic rings. The van der Waals surface area contributed by atoms with Crippen LogP contribution in [0, 0.1) is 0 Å². The van der Waals surface area contributed by atoms with Gasteiger partial charge in [0, 0.05) is 17.7 Å². The molecule has 2 aliphatic heterocycles. The molecular formula is C20H23N3O4. The highest BCUT2D eigenvalue weighted by Gasteiger charge is 2.36. The first-order valence-electron chi connectivity index (χ1n) is 8.75. The van der Waals surface area contributed by atoms with Crippen molar-refractivity contribution < 1.29 is 18.9 Å². The number of fused-ring (bicyclic) bond motifs is 5. The van der Waals surface area contributed by atoms with E-state index in [0.29, 0.717) is 29.0 Å². The summed E-state index contributed by atoms with van der Waals surface area (Å²) >= 11 is 0. The Labute approximate surface area is 158 Å². The van der Waals surface area contributed by atoms with E-state index >= 15 is 0 Å². The van der Waals surface area contributed by atoms with Gasteiger partial charge in [0.25, 0.3) is 0 Å². The molecule has 0 saturated carbocycles. The Kier molecular flexibility index (Phi) is 4.22. The third-order valence-electron chi connectivity index (χ3n) is 5.22. The molecule has 0 spiro atoms. The summed E-state index contributed by atoms with van der Waals surface area (Å²) in [6.45, 7) is 0. The van der Waals surface area contributed by atoms with Crippen LogP contribution in [0.4, 0.5) is 11.4 Å². The maximum Gasteiger partial charge on any atom is 0.201 e. The standard InChI is InChI=1S/C20H23N3O4/c1-24-16-7-11-5-6-14-12-8-17(25-2)18(26-3)9-13(12)22-20(21)23(14)15(11)10-19(16)27-4/h7-10,14H,5-6H2,1-4H3,(H2,21,22). The molecule has 0 radical (unpaired) electrons. The summed E-state index contributed by atoms with van der Waals surface area (Å²) in [7, 11) is 6.52. The molecule has 142 valence electrons. The van der Waals surface area contributed by atoms with Gasteiger partial charge in [-0.1, -0.05) is 0 Å². The molecule has 0 amide bonds. The van der Waals surface area contributed by atoms with Gasteiger partial charge in [0.15, 0.2) is 23.0 Å². The van der Waals surface area contributed by atoms with Gasteiger partial charge in [-0.25, -0.2) is 4.99 Å². The van der Waals surface area contributed by atoms with E-state index < -0.39 is 0 Å². The van der Waals surface area contributed by atoms with Crippen molar-refractivity contribution in [1.29, 1.82) is 0 Å². The predicted octanol–water partition coefficient (Wildman–Crippen LogP) is 3.17. The Morgan fingerprint density at radius 2 is 1.48 bits per heavy atom. The van der Waals surface area contributed by atoms with Crippen LogP contribution in [0.5, 0.6) is 23.0 Å². The van der Waals surface area contributed by atoms with E-state index in [1.807, 2.05) is 24.3 Å². The summed E-state index contributed by atoms with van der Waals surface area (Å²) in [4.78, 5) is 6.69. The largest absolute Gasteiger partial charge is 0.493 e. The van der Waals surface area contributed by atoms with Crippen molar-refractivity contribution in [3.8, 4) is 23.0 Å². The molecule has 1 unspecified atom stereocenters. The summed E-state index contributed by atoms with van der Waals surface area (Å²) in [5.41, 5.74) is 10.4. The highest BCUT2D eigenvalue weighted by molar-refractivity contribution is 6.01. The Morgan fingerprint density at radius 1 is 0.889 bits per heavy atom. The third-order valence-corrected chi connectivity index (χ3v) is 5.22. The van der Waals surface area contributed by atoms with Gasteiger partial charge in [-0.2, -0.15) is 0 Å². The number of hydrogen-bond acceptors (Lipinski definition) is 7. The normalized spacial score (nSPS) is 17.3. The van der Waals surface area contributed by atoms with E-state index in [1.165, 1.54) is 0 Å². The number of anilines is 1. The van der Waals surface area contributed by atoms with Crippen molar-refractivity contribution in [1.82, 2.24) is 0 Å². The number of hydrogen-bond donors (Lipinski definition) is 1. The molecule has 0 bridgehead atoms. The second-order valence-corrected chi connectivity index (χ2v) is 6.50. The first-order valence-corrected chi connectivity index (χ1v) is 8.75. The van der Waals surface area contributed by atoms with Crippen LogP contribution in [0.25, 0.3) is 0 Å². The fraction of sp³-hybridized carbons (Fsp3) is 0.350. The molecule has 0 saturated heterocycles. The zero-order chi connectivity index (χ0) is 19.1. The number of benzene rings is 2. The van der Waals surface area contributed by atoms with Crippen LogP contribution in [0.15, 0.2) is 29.3 Å². The number of nitrogens with two attached hydrogens (primary N) is 1. The maximum absolute atomic E-state index is 6.38. The van der Waals surface area contributed by atoms with Gasteiger partial charge >= 0.3 is 0 Å². The molecule has 27 heavy (non-hydrogen) atoms. The molecule has 1 atom stereocenters. The SMILES string of the molecule is COc1cc2c(cc1OC)N1C(N)=Nc3cc(OC)c(OC)cc3C1CC2. The summed E-state index contributed by atoms with van der Waals surface area (Å²) in [6.07, 6.45) is 1.80. The molecule has 0 aromatic heterocycles. The van der Waals surface area contributed by atoms with Crippen molar-refractivity contribution in [2.45, 2.75) is 18.9 Å². The van der Waals surface area contributed by atoms with E-state index in [0.717, 1.165) is 35.3 Å². The average Bonchev–Trinajstić information content (AvgIpc) is 2.71. The van der Waals surface area contributed by atoms with Crippen LogP contribution in [0.3, 0.4) is 0 Å². The van der Waals surface area contributed by atoms with E-state index in [1.54, 1.807) is 28.4 Å². The van der Waals surface area contributed by atoms with E-state index in [4.69, 9.17) is 24.7 Å². The second-order valence-electron chi connectivity index (χ2n) is 6.50. The third kappa shape index (κ3) is 2.61. The van der Waals surface area contributed by atoms with Gasteiger partial charge in [0.2, 0.25) is 5.96 Å². The molecule has 2 aromatic carbocycles. The molecule has 2 N–H and O–H groups in total. The summed E-state index contributed by atoms with van der Waals surface area (Å²) < 4.78 is 21.8. The quantitative estimate of drug-likeness (QED) is 0.892. The Bertz CT molecular complexity index is 926. The zero-order valence-electron chi connectivity index (χ0n) is 15.9. The molecule has 7 nitrogen and oxygen atoms in total. The fourth-order valence-corrected chi connectivity index (χ4v) is 3.93. The number of guanidine groups is 1. The van der Waals surface area contributed by atoms with Crippen LogP contribution >= 0.6 is 0 Å². The van der Waals surface area contributed by atoms with Gasteiger partial charge in [-0.3, -0.25) is 0 Å². The summed E-state index contributed by atoms with van der Waals surface area (Å²) in [5, 5.41) is 0. The van der Waals surface area contributed by atoms with Crippen LogP contribution < -0.4 is 29.6 Å². The second kappa shape index (κ2) is 6.57. The lowest BCUT2D eigenvalue weighted by atomic mass is 9.89. The van der Waals surface area contributed by atoms with E-state index in [9.17, 15) is 0 Å². The lowest BCUT2D eigenvalue weighted by Gasteiger charge is -2.41. The van der Waals surface area contributed by atoms with Crippen molar-refractivity contribution in [3.05, 3.63) is 35.4 Å². The van der Waals surface area contributed by atoms with Crippen molar-refractivity contribution in [2.24, 2.45) is 10.7 Å². The first-order chi connectivity index (χ1) is 13.1. The van der Waals surface area contributed by atoms with Crippen LogP contribution in [-0.4, -0.2) is 34.4 Å². The average molecular weight is 369 g/mol. The number of aliphatic imine (C=N–C) groups is 1. The van der Waals surface area contributed by atoms with Gasteiger partial charge in [-0.15, -0.1) is 0 Å². The van der Waals surface area contributed by atoms with E-state index in [2.05, 4.69) is 9.89 Å². The minimum atomic E-state index is 0.0721. The number of rotatable bonds is 4. The topological polar surface area (TPSA) is 78.5 Å². The maximum atomic E-state index is 6.38. The lowest BCUT2D eigenvalue weighted by Crippen LogP contribution is -2.44. The monoisotopic (exact) mass is 369 g/mol. The highest BCUT2D eigenvalue weighted by atomic mass is 16.5. The van der Waals surface area contributed by atoms with Gasteiger partial charge in [0.1, 0.15) is 0 Å². The Morgan fingerprint density at radius 3 is 2.15 bits per heavy atom. The predicted molar refractivity (Wildman–Crippen MR) is 104 cm³/mol. The summed E-state index contributed by atoms with van der Waals surface area (Å²) in [5.74, 6) is 3.17. The van der Waals surface area contributed by atoms with Gasteiger partial charge < -0.3 is 29.6 Å². The number of aryl methyl sites for hydroxylation is 1. The molecule has 2 heterocycles. The number of methoxy groups -OCH3 is 4. The van der Waals surface area contributed by atoms with Crippen molar-refractivity contribution in [3.63, 3.8) is 0 Å². The Hall–Kier alpha value is -3.09. The smallest absolute Gasteiger partial charge is 0.201 e. The van der Waals surface area contributed by atoms with Gasteiger partial charge in [0.05, 0.1) is 45.9 Å². The number of nitrogens with zero attached hydrogens (tertiary/aromatic N) is 2. The van der Waals surface area contributed by atoms with Crippen molar-refractivity contribution in [2.75, 3.05) is 33.3 Å². The lowest BCUT2D eigenvalue weighted by molar-refractivity contribution is 0.353. The van der Waals surface area contributed by atoms with Crippen LogP contribution in [0.2, 0.25) is 0 Å². The molecular weight excluding hydrogens is 346 g/mol. The van der Waals surface area contributed by atoms with E-state index in [-0.39, 0.29) is 6.04 Å². The molecule has 4 rings (SSSR count). The minimum Gasteiger partial charge on any atom is -0.493 e. The fourth-order valence-electron chi connectivity index (χ4n) is 3.93. The molecule has 2 aliphatic rings.